The molecular formula is C11H22N2O4S. The molecule has 2 amide bonds. The number of carbonyl (C=O) groups is 2. The lowest BCUT2D eigenvalue weighted by atomic mass is 10.1. The number of aliphatic carboxylic acids is 1. The zero-order valence-corrected chi connectivity index (χ0v) is 11.9. The summed E-state index contributed by atoms with van der Waals surface area (Å²) in [7, 11) is -0.997. The lowest BCUT2D eigenvalue weighted by molar-refractivity contribution is -0.139. The fourth-order valence-corrected chi connectivity index (χ4v) is 2.27. The zero-order chi connectivity index (χ0) is 14.1. The van der Waals surface area contributed by atoms with Gasteiger partial charge < -0.3 is 15.7 Å². The monoisotopic (exact) mass is 278 g/mol. The quantitative estimate of drug-likeness (QED) is 0.609. The number of hydrogen-bond acceptors (Lipinski definition) is 3. The summed E-state index contributed by atoms with van der Waals surface area (Å²) in [5, 5.41) is 13.9. The van der Waals surface area contributed by atoms with E-state index in [0.717, 1.165) is 12.8 Å². The van der Waals surface area contributed by atoms with E-state index in [-0.39, 0.29) is 6.04 Å². The van der Waals surface area contributed by atoms with Crippen molar-refractivity contribution in [1.82, 2.24) is 10.6 Å². The normalized spacial score (nSPS) is 15.5. The van der Waals surface area contributed by atoms with Crippen LogP contribution >= 0.6 is 0 Å². The van der Waals surface area contributed by atoms with Gasteiger partial charge in [0.1, 0.15) is 6.04 Å². The molecule has 0 aliphatic carbocycles. The zero-order valence-electron chi connectivity index (χ0n) is 11.1. The van der Waals surface area contributed by atoms with E-state index in [9.17, 15) is 13.8 Å². The average molecular weight is 278 g/mol. The molecule has 0 aromatic rings. The molecule has 0 aromatic heterocycles. The number of carbonyl (C=O) groups excluding carboxylic acids is 1. The van der Waals surface area contributed by atoms with E-state index in [1.807, 2.05) is 6.92 Å². The minimum atomic E-state index is -1.04. The van der Waals surface area contributed by atoms with E-state index in [1.165, 1.54) is 0 Å². The third-order valence-corrected chi connectivity index (χ3v) is 3.28. The van der Waals surface area contributed by atoms with Crippen LogP contribution in [0.4, 0.5) is 4.79 Å². The summed E-state index contributed by atoms with van der Waals surface area (Å²) in [5.41, 5.74) is 0. The van der Waals surface area contributed by atoms with Gasteiger partial charge in [0.2, 0.25) is 0 Å². The Morgan fingerprint density at radius 1 is 1.33 bits per heavy atom. The number of carboxylic acid groups (broad SMARTS) is 1. The lowest BCUT2D eigenvalue weighted by Gasteiger charge is -2.17. The van der Waals surface area contributed by atoms with Crippen LogP contribution in [0.3, 0.4) is 0 Å². The Labute approximate surface area is 110 Å². The standard InChI is InChI=1S/C11H22N2O4S/c1-4-5-6-9(10(14)15)13-11(16)12-8(2)7-18(3)17/h8-9H,4-7H2,1-3H3,(H,14,15)(H2,12,13,16)/t8?,9-,18?/m0/s1. The van der Waals surface area contributed by atoms with Gasteiger partial charge in [-0.1, -0.05) is 19.8 Å². The van der Waals surface area contributed by atoms with E-state index < -0.39 is 28.8 Å². The molecule has 0 saturated heterocycles. The van der Waals surface area contributed by atoms with Crippen LogP contribution in [0.15, 0.2) is 0 Å². The molecule has 3 atom stereocenters. The molecule has 0 aromatic carbocycles. The largest absolute Gasteiger partial charge is 0.480 e. The summed E-state index contributed by atoms with van der Waals surface area (Å²) in [6.45, 7) is 3.68. The van der Waals surface area contributed by atoms with Crippen molar-refractivity contribution in [3.8, 4) is 0 Å². The molecule has 106 valence electrons. The molecule has 3 N–H and O–H groups in total. The van der Waals surface area contributed by atoms with E-state index in [0.29, 0.717) is 12.2 Å². The fraction of sp³-hybridized carbons (Fsp3) is 0.818. The average Bonchev–Trinajstić information content (AvgIpc) is 2.22. The molecule has 0 bridgehead atoms. The van der Waals surface area contributed by atoms with E-state index in [2.05, 4.69) is 10.6 Å². The number of unbranched alkanes of at least 4 members (excludes halogenated alkanes) is 1. The minimum absolute atomic E-state index is 0.253. The Balaban J connectivity index is 4.16. The molecule has 0 saturated carbocycles. The third-order valence-electron chi connectivity index (χ3n) is 2.31. The van der Waals surface area contributed by atoms with Gasteiger partial charge in [-0.05, 0) is 13.3 Å². The molecule has 6 nitrogen and oxygen atoms in total. The maximum absolute atomic E-state index is 11.5. The Kier molecular flexibility index (Phi) is 8.36. The number of rotatable bonds is 8. The van der Waals surface area contributed by atoms with E-state index >= 15 is 0 Å². The smallest absolute Gasteiger partial charge is 0.326 e. The van der Waals surface area contributed by atoms with Gasteiger partial charge >= 0.3 is 12.0 Å². The Morgan fingerprint density at radius 2 is 1.94 bits per heavy atom. The summed E-state index contributed by atoms with van der Waals surface area (Å²) in [6, 6.07) is -1.66. The second kappa shape index (κ2) is 8.91. The Morgan fingerprint density at radius 3 is 2.39 bits per heavy atom. The van der Waals surface area contributed by atoms with Crippen LogP contribution in [0.2, 0.25) is 0 Å². The van der Waals surface area contributed by atoms with Crippen LogP contribution in [-0.4, -0.2) is 45.4 Å². The van der Waals surface area contributed by atoms with Crippen LogP contribution in [0.25, 0.3) is 0 Å². The number of nitrogens with one attached hydrogen (secondary N) is 2. The SMILES string of the molecule is CCCC[C@H](NC(=O)NC(C)CS(C)=O)C(=O)O. The van der Waals surface area contributed by atoms with Gasteiger partial charge in [0, 0.05) is 28.9 Å². The van der Waals surface area contributed by atoms with Crippen molar-refractivity contribution in [1.29, 1.82) is 0 Å². The minimum Gasteiger partial charge on any atom is -0.480 e. The van der Waals surface area contributed by atoms with E-state index in [1.54, 1.807) is 13.2 Å². The molecule has 0 heterocycles. The molecule has 0 radical (unpaired) electrons. The highest BCUT2D eigenvalue weighted by Crippen LogP contribution is 2.00. The third kappa shape index (κ3) is 8.05. The molecule has 7 heteroatoms. The highest BCUT2D eigenvalue weighted by Gasteiger charge is 2.19. The molecule has 18 heavy (non-hydrogen) atoms. The maximum atomic E-state index is 11.5. The van der Waals surface area contributed by atoms with Crippen molar-refractivity contribution in [3.63, 3.8) is 0 Å². The first-order chi connectivity index (χ1) is 8.36. The fourth-order valence-electron chi connectivity index (χ4n) is 1.48. The van der Waals surface area contributed by atoms with Crippen molar-refractivity contribution < 1.29 is 18.9 Å². The Bertz CT molecular complexity index is 309. The van der Waals surface area contributed by atoms with Crippen molar-refractivity contribution in [2.24, 2.45) is 0 Å². The van der Waals surface area contributed by atoms with E-state index in [4.69, 9.17) is 5.11 Å². The first-order valence-corrected chi connectivity index (χ1v) is 7.69. The van der Waals surface area contributed by atoms with Crippen molar-refractivity contribution >= 4 is 22.8 Å². The molecule has 0 aliphatic rings. The highest BCUT2D eigenvalue weighted by molar-refractivity contribution is 7.84. The summed E-state index contributed by atoms with van der Waals surface area (Å²) in [6.07, 6.45) is 3.58. The first kappa shape index (κ1) is 16.9. The second-order valence-electron chi connectivity index (χ2n) is 4.29. The first-order valence-electron chi connectivity index (χ1n) is 5.96. The van der Waals surface area contributed by atoms with Gasteiger partial charge in [-0.2, -0.15) is 0 Å². The Hall–Kier alpha value is -1.11. The lowest BCUT2D eigenvalue weighted by Crippen LogP contribution is -2.49. The van der Waals surface area contributed by atoms with Gasteiger partial charge in [-0.3, -0.25) is 4.21 Å². The number of urea groups is 1. The van der Waals surface area contributed by atoms with Crippen molar-refractivity contribution in [3.05, 3.63) is 0 Å². The molecule has 0 spiro atoms. The number of amides is 2. The highest BCUT2D eigenvalue weighted by atomic mass is 32.2. The number of carboxylic acids is 1. The summed E-state index contributed by atoms with van der Waals surface area (Å²) in [4.78, 5) is 22.4. The molecule has 0 aliphatic heterocycles. The summed E-state index contributed by atoms with van der Waals surface area (Å²) >= 11 is 0. The summed E-state index contributed by atoms with van der Waals surface area (Å²) in [5.74, 6) is -0.689. The van der Waals surface area contributed by atoms with Crippen LogP contribution in [0.1, 0.15) is 33.1 Å². The van der Waals surface area contributed by atoms with Gasteiger partial charge in [-0.15, -0.1) is 0 Å². The maximum Gasteiger partial charge on any atom is 0.326 e. The van der Waals surface area contributed by atoms with Crippen molar-refractivity contribution in [2.75, 3.05) is 12.0 Å². The predicted molar refractivity (Wildman–Crippen MR) is 71.0 cm³/mol. The molecular weight excluding hydrogens is 256 g/mol. The predicted octanol–water partition coefficient (Wildman–Crippen LogP) is 0.696. The topological polar surface area (TPSA) is 95.5 Å². The summed E-state index contributed by atoms with van der Waals surface area (Å²) < 4.78 is 11.0. The van der Waals surface area contributed by atoms with Crippen LogP contribution in [-0.2, 0) is 15.6 Å². The molecule has 0 rings (SSSR count). The number of hydrogen-bond donors (Lipinski definition) is 3. The van der Waals surface area contributed by atoms with Gasteiger partial charge in [0.15, 0.2) is 0 Å². The second-order valence-corrected chi connectivity index (χ2v) is 5.77. The molecule has 0 fully saturated rings. The van der Waals surface area contributed by atoms with Gasteiger partial charge in [0.25, 0.3) is 0 Å². The van der Waals surface area contributed by atoms with Gasteiger partial charge in [0.05, 0.1) is 0 Å². The van der Waals surface area contributed by atoms with Gasteiger partial charge in [-0.25, -0.2) is 9.59 Å². The van der Waals surface area contributed by atoms with Crippen LogP contribution in [0, 0.1) is 0 Å². The van der Waals surface area contributed by atoms with Crippen molar-refractivity contribution in [2.45, 2.75) is 45.2 Å². The van der Waals surface area contributed by atoms with Crippen LogP contribution < -0.4 is 10.6 Å². The van der Waals surface area contributed by atoms with Crippen LogP contribution in [0.5, 0.6) is 0 Å². The molecule has 2 unspecified atom stereocenters.